The van der Waals surface area contributed by atoms with E-state index in [9.17, 15) is 4.79 Å². The predicted octanol–water partition coefficient (Wildman–Crippen LogP) is 7.50. The molecule has 1 aliphatic heterocycles. The minimum atomic E-state index is -0.0727. The Hall–Kier alpha value is -3.29. The zero-order valence-corrected chi connectivity index (χ0v) is 23.3. The lowest BCUT2D eigenvalue weighted by atomic mass is 10.2. The second-order valence-corrected chi connectivity index (χ2v) is 10.6. The molecule has 3 aromatic rings. The molecule has 38 heavy (non-hydrogen) atoms. The molecular formula is C31H33NO4S2. The number of thiocarbonyl (C=S) groups is 1. The Labute approximate surface area is 234 Å². The minimum Gasteiger partial charge on any atom is -0.494 e. The van der Waals surface area contributed by atoms with E-state index in [1.54, 1.807) is 4.90 Å². The Morgan fingerprint density at radius 3 is 2.18 bits per heavy atom. The van der Waals surface area contributed by atoms with Crippen LogP contribution in [0.15, 0.2) is 83.8 Å². The maximum Gasteiger partial charge on any atom is 0.266 e. The number of rotatable bonds is 14. The van der Waals surface area contributed by atoms with Gasteiger partial charge in [-0.05, 0) is 60.0 Å². The summed E-state index contributed by atoms with van der Waals surface area (Å²) >= 11 is 6.80. The number of thioether (sulfide) groups is 1. The van der Waals surface area contributed by atoms with Crippen molar-refractivity contribution in [2.75, 3.05) is 19.8 Å². The summed E-state index contributed by atoms with van der Waals surface area (Å²) in [6.07, 6.45) is 6.62. The van der Waals surface area contributed by atoms with E-state index in [1.165, 1.54) is 31.0 Å². The smallest absolute Gasteiger partial charge is 0.266 e. The summed E-state index contributed by atoms with van der Waals surface area (Å²) in [5.74, 6) is 2.28. The van der Waals surface area contributed by atoms with Crippen LogP contribution < -0.4 is 14.2 Å². The van der Waals surface area contributed by atoms with Crippen LogP contribution in [0.1, 0.15) is 43.7 Å². The molecule has 1 heterocycles. The quantitative estimate of drug-likeness (QED) is 0.118. The van der Waals surface area contributed by atoms with Gasteiger partial charge in [-0.1, -0.05) is 92.6 Å². The first-order valence-electron chi connectivity index (χ1n) is 13.0. The standard InChI is InChI=1S/C31H33NO4S2/c1-2-3-4-8-18-34-26-14-16-27(17-15-26)35-19-20-36-28-13-9-12-25(21-28)22-29-30(33)32(31(37)38-29)23-24-10-6-5-7-11-24/h5-7,9-17,21-22H,2-4,8,18-20,23H2,1H3/b29-22-. The highest BCUT2D eigenvalue weighted by atomic mass is 32.2. The fourth-order valence-corrected chi connectivity index (χ4v) is 5.17. The SMILES string of the molecule is CCCCCCOc1ccc(OCCOc2cccc(/C=C3\SC(=S)N(Cc4ccccc4)C3=O)c2)cc1. The van der Waals surface area contributed by atoms with Crippen LogP contribution in [0, 0.1) is 0 Å². The van der Waals surface area contributed by atoms with Crippen LogP contribution in [0.25, 0.3) is 6.08 Å². The second-order valence-electron chi connectivity index (χ2n) is 8.90. The molecule has 0 aliphatic carbocycles. The van der Waals surface area contributed by atoms with Crippen LogP contribution in [0.4, 0.5) is 0 Å². The van der Waals surface area contributed by atoms with E-state index >= 15 is 0 Å². The molecule has 0 radical (unpaired) electrons. The summed E-state index contributed by atoms with van der Waals surface area (Å²) in [7, 11) is 0. The molecule has 3 aromatic carbocycles. The predicted molar refractivity (Wildman–Crippen MR) is 159 cm³/mol. The van der Waals surface area contributed by atoms with E-state index in [4.69, 9.17) is 26.4 Å². The van der Waals surface area contributed by atoms with Gasteiger partial charge in [0.05, 0.1) is 18.1 Å². The van der Waals surface area contributed by atoms with E-state index in [0.29, 0.717) is 34.7 Å². The van der Waals surface area contributed by atoms with Crippen molar-refractivity contribution in [1.29, 1.82) is 0 Å². The fourth-order valence-electron chi connectivity index (χ4n) is 3.92. The number of hydrogen-bond acceptors (Lipinski definition) is 6. The van der Waals surface area contributed by atoms with Crippen molar-refractivity contribution in [1.82, 2.24) is 4.90 Å². The molecular weight excluding hydrogens is 514 g/mol. The molecule has 0 spiro atoms. The molecule has 1 amide bonds. The van der Waals surface area contributed by atoms with Crippen molar-refractivity contribution in [3.8, 4) is 17.2 Å². The summed E-state index contributed by atoms with van der Waals surface area (Å²) in [5.41, 5.74) is 1.93. The first-order valence-corrected chi connectivity index (χ1v) is 14.2. The van der Waals surface area contributed by atoms with Gasteiger partial charge >= 0.3 is 0 Å². The molecule has 1 aliphatic rings. The number of amides is 1. The Bertz CT molecular complexity index is 1230. The van der Waals surface area contributed by atoms with Crippen LogP contribution in [-0.4, -0.2) is 34.9 Å². The normalized spacial score (nSPS) is 14.2. The van der Waals surface area contributed by atoms with Crippen LogP contribution in [0.3, 0.4) is 0 Å². The molecule has 0 bridgehead atoms. The third-order valence-corrected chi connectivity index (χ3v) is 7.30. The van der Waals surface area contributed by atoms with Crippen molar-refractivity contribution in [3.63, 3.8) is 0 Å². The molecule has 0 saturated carbocycles. The van der Waals surface area contributed by atoms with Gasteiger partial charge < -0.3 is 14.2 Å². The average Bonchev–Trinajstić information content (AvgIpc) is 3.20. The largest absolute Gasteiger partial charge is 0.494 e. The Kier molecular flexibility index (Phi) is 10.7. The van der Waals surface area contributed by atoms with E-state index < -0.39 is 0 Å². The first kappa shape index (κ1) is 27.7. The van der Waals surface area contributed by atoms with Crippen molar-refractivity contribution in [3.05, 3.63) is 94.9 Å². The van der Waals surface area contributed by atoms with Crippen molar-refractivity contribution in [2.45, 2.75) is 39.2 Å². The summed E-state index contributed by atoms with van der Waals surface area (Å²) in [5, 5.41) is 0. The fraction of sp³-hybridized carbons (Fsp3) is 0.290. The number of nitrogens with zero attached hydrogens (tertiary/aromatic N) is 1. The summed E-state index contributed by atoms with van der Waals surface area (Å²) < 4.78 is 18.0. The number of carbonyl (C=O) groups excluding carboxylic acids is 1. The number of unbranched alkanes of at least 4 members (excludes halogenated alkanes) is 3. The third-order valence-electron chi connectivity index (χ3n) is 5.92. The zero-order valence-electron chi connectivity index (χ0n) is 21.6. The van der Waals surface area contributed by atoms with E-state index in [2.05, 4.69) is 6.92 Å². The first-order chi connectivity index (χ1) is 18.6. The molecule has 5 nitrogen and oxygen atoms in total. The minimum absolute atomic E-state index is 0.0727. The van der Waals surface area contributed by atoms with Gasteiger partial charge in [0.15, 0.2) is 0 Å². The molecule has 4 rings (SSSR count). The molecule has 0 atom stereocenters. The maximum absolute atomic E-state index is 13.0. The molecule has 0 unspecified atom stereocenters. The van der Waals surface area contributed by atoms with Crippen LogP contribution in [0.2, 0.25) is 0 Å². The van der Waals surface area contributed by atoms with E-state index in [0.717, 1.165) is 35.7 Å². The topological polar surface area (TPSA) is 48.0 Å². The molecule has 7 heteroatoms. The van der Waals surface area contributed by atoms with Crippen LogP contribution in [-0.2, 0) is 11.3 Å². The lowest BCUT2D eigenvalue weighted by Gasteiger charge is -2.14. The highest BCUT2D eigenvalue weighted by Crippen LogP contribution is 2.34. The van der Waals surface area contributed by atoms with Crippen molar-refractivity contribution >= 4 is 40.3 Å². The summed E-state index contributed by atoms with van der Waals surface area (Å²) in [6, 6.07) is 25.2. The van der Waals surface area contributed by atoms with Gasteiger partial charge in [0, 0.05) is 0 Å². The van der Waals surface area contributed by atoms with Gasteiger partial charge in [0.25, 0.3) is 5.91 Å². The maximum atomic E-state index is 13.0. The second kappa shape index (κ2) is 14.6. The molecule has 0 N–H and O–H groups in total. The van der Waals surface area contributed by atoms with Gasteiger partial charge in [0.2, 0.25) is 0 Å². The molecule has 1 saturated heterocycles. The molecule has 0 aromatic heterocycles. The number of benzene rings is 3. The number of hydrogen-bond donors (Lipinski definition) is 0. The van der Waals surface area contributed by atoms with Gasteiger partial charge in [-0.3, -0.25) is 9.69 Å². The zero-order chi connectivity index (χ0) is 26.6. The lowest BCUT2D eigenvalue weighted by Crippen LogP contribution is -2.27. The lowest BCUT2D eigenvalue weighted by molar-refractivity contribution is -0.122. The number of ether oxygens (including phenoxy) is 3. The number of carbonyl (C=O) groups is 1. The van der Waals surface area contributed by atoms with Gasteiger partial charge in [0.1, 0.15) is 34.8 Å². The van der Waals surface area contributed by atoms with Crippen LogP contribution >= 0.6 is 24.0 Å². The molecule has 198 valence electrons. The monoisotopic (exact) mass is 547 g/mol. The average molecular weight is 548 g/mol. The highest BCUT2D eigenvalue weighted by molar-refractivity contribution is 8.26. The summed E-state index contributed by atoms with van der Waals surface area (Å²) in [4.78, 5) is 15.2. The van der Waals surface area contributed by atoms with E-state index in [-0.39, 0.29) is 5.91 Å². The summed E-state index contributed by atoms with van der Waals surface area (Å²) in [6.45, 7) is 4.24. The highest BCUT2D eigenvalue weighted by Gasteiger charge is 2.31. The third kappa shape index (κ3) is 8.36. The van der Waals surface area contributed by atoms with Gasteiger partial charge in [-0.2, -0.15) is 0 Å². The van der Waals surface area contributed by atoms with Gasteiger partial charge in [-0.25, -0.2) is 0 Å². The van der Waals surface area contributed by atoms with Crippen molar-refractivity contribution in [2.24, 2.45) is 0 Å². The van der Waals surface area contributed by atoms with Crippen molar-refractivity contribution < 1.29 is 19.0 Å². The Morgan fingerprint density at radius 2 is 1.47 bits per heavy atom. The van der Waals surface area contributed by atoms with E-state index in [1.807, 2.05) is 84.9 Å². The Balaban J connectivity index is 1.23. The van der Waals surface area contributed by atoms with Crippen LogP contribution in [0.5, 0.6) is 17.2 Å². The Morgan fingerprint density at radius 1 is 0.789 bits per heavy atom. The molecule has 1 fully saturated rings. The van der Waals surface area contributed by atoms with Gasteiger partial charge in [-0.15, -0.1) is 0 Å².